The number of nitrogens with one attached hydrogen (secondary N) is 2. The SMILES string of the molecule is Cc1ccc(-n2ccnn2)c(C(=O)N[C@H]2CCC[C@H]2Nc2nc3ccc(F)cc3s2)c1. The van der Waals surface area contributed by atoms with Crippen molar-refractivity contribution < 1.29 is 9.18 Å². The zero-order valence-corrected chi connectivity index (χ0v) is 17.7. The van der Waals surface area contributed by atoms with Gasteiger partial charge in [0.15, 0.2) is 5.13 Å². The van der Waals surface area contributed by atoms with E-state index >= 15 is 0 Å². The van der Waals surface area contributed by atoms with Crippen LogP contribution in [0.5, 0.6) is 0 Å². The first-order chi connectivity index (χ1) is 15.1. The Morgan fingerprint density at radius 1 is 1.19 bits per heavy atom. The third-order valence-electron chi connectivity index (χ3n) is 5.56. The van der Waals surface area contributed by atoms with Crippen LogP contribution in [0.2, 0.25) is 0 Å². The lowest BCUT2D eigenvalue weighted by atomic mass is 10.1. The highest BCUT2D eigenvalue weighted by atomic mass is 32.1. The molecule has 2 aromatic heterocycles. The Hall–Kier alpha value is -3.33. The van der Waals surface area contributed by atoms with Gasteiger partial charge >= 0.3 is 0 Å². The van der Waals surface area contributed by atoms with E-state index in [1.165, 1.54) is 23.5 Å². The Labute approximate surface area is 182 Å². The maximum absolute atomic E-state index is 13.5. The van der Waals surface area contributed by atoms with Gasteiger partial charge in [0.2, 0.25) is 0 Å². The quantitative estimate of drug-likeness (QED) is 0.492. The topological polar surface area (TPSA) is 84.7 Å². The maximum Gasteiger partial charge on any atom is 0.253 e. The second kappa shape index (κ2) is 8.07. The summed E-state index contributed by atoms with van der Waals surface area (Å²) in [4.78, 5) is 17.7. The molecule has 5 rings (SSSR count). The van der Waals surface area contributed by atoms with Crippen LogP contribution in [-0.2, 0) is 0 Å². The second-order valence-electron chi connectivity index (χ2n) is 7.76. The normalized spacial score (nSPS) is 18.4. The van der Waals surface area contributed by atoms with E-state index in [1.54, 1.807) is 23.1 Å². The Morgan fingerprint density at radius 2 is 2.06 bits per heavy atom. The van der Waals surface area contributed by atoms with Crippen molar-refractivity contribution in [2.45, 2.75) is 38.3 Å². The average molecular weight is 437 g/mol. The van der Waals surface area contributed by atoms with Gasteiger partial charge in [-0.15, -0.1) is 5.10 Å². The summed E-state index contributed by atoms with van der Waals surface area (Å²) in [6, 6.07) is 10.3. The lowest BCUT2D eigenvalue weighted by Crippen LogP contribution is -2.43. The number of fused-ring (bicyclic) bond motifs is 1. The van der Waals surface area contributed by atoms with Gasteiger partial charge in [0.25, 0.3) is 5.91 Å². The Kier molecular flexibility index (Phi) is 5.11. The highest BCUT2D eigenvalue weighted by Crippen LogP contribution is 2.30. The lowest BCUT2D eigenvalue weighted by molar-refractivity contribution is 0.0935. The van der Waals surface area contributed by atoms with E-state index in [9.17, 15) is 9.18 Å². The molecule has 7 nitrogen and oxygen atoms in total. The first-order valence-corrected chi connectivity index (χ1v) is 11.0. The standard InChI is InChI=1S/C22H21FN6OS/c1-13-5-8-19(29-10-9-24-28-29)15(11-13)21(30)25-16-3-2-4-17(16)26-22-27-18-7-6-14(23)12-20(18)31-22/h5-12,16-17H,2-4H2,1H3,(H,25,30)(H,26,27)/t16-,17+/m0/s1. The molecule has 31 heavy (non-hydrogen) atoms. The molecule has 1 saturated carbocycles. The first kappa shape index (κ1) is 19.6. The van der Waals surface area contributed by atoms with Crippen molar-refractivity contribution in [3.63, 3.8) is 0 Å². The van der Waals surface area contributed by atoms with Gasteiger partial charge < -0.3 is 10.6 Å². The maximum atomic E-state index is 13.5. The number of nitrogens with zero attached hydrogens (tertiary/aromatic N) is 4. The van der Waals surface area contributed by atoms with Gasteiger partial charge in [0, 0.05) is 12.1 Å². The minimum atomic E-state index is -0.268. The van der Waals surface area contributed by atoms with Gasteiger partial charge in [0.05, 0.1) is 33.9 Å². The highest BCUT2D eigenvalue weighted by molar-refractivity contribution is 7.22. The number of carbonyl (C=O) groups excluding carboxylic acids is 1. The molecule has 0 saturated heterocycles. The van der Waals surface area contributed by atoms with Crippen LogP contribution >= 0.6 is 11.3 Å². The predicted octanol–water partition coefficient (Wildman–Crippen LogP) is 4.09. The molecule has 2 heterocycles. The predicted molar refractivity (Wildman–Crippen MR) is 118 cm³/mol. The number of thiazole rings is 1. The smallest absolute Gasteiger partial charge is 0.253 e. The van der Waals surface area contributed by atoms with Gasteiger partial charge in [-0.3, -0.25) is 4.79 Å². The average Bonchev–Trinajstić information content (AvgIpc) is 3.49. The molecule has 158 valence electrons. The zero-order valence-electron chi connectivity index (χ0n) is 16.9. The number of aryl methyl sites for hydroxylation is 1. The summed E-state index contributed by atoms with van der Waals surface area (Å²) >= 11 is 1.42. The Morgan fingerprint density at radius 3 is 2.90 bits per heavy atom. The van der Waals surface area contributed by atoms with Crippen LogP contribution in [0, 0.1) is 12.7 Å². The van der Waals surface area contributed by atoms with Crippen LogP contribution in [0.4, 0.5) is 9.52 Å². The molecule has 1 aliphatic rings. The van der Waals surface area contributed by atoms with Gasteiger partial charge in [-0.1, -0.05) is 28.2 Å². The summed E-state index contributed by atoms with van der Waals surface area (Å²) in [5, 5.41) is 15.3. The molecule has 2 aromatic carbocycles. The molecule has 2 N–H and O–H groups in total. The molecular weight excluding hydrogens is 415 g/mol. The van der Waals surface area contributed by atoms with Crippen molar-refractivity contribution >= 4 is 32.6 Å². The third-order valence-corrected chi connectivity index (χ3v) is 6.51. The van der Waals surface area contributed by atoms with E-state index in [4.69, 9.17) is 0 Å². The number of rotatable bonds is 5. The fraction of sp³-hybridized carbons (Fsp3) is 0.273. The molecule has 0 bridgehead atoms. The summed E-state index contributed by atoms with van der Waals surface area (Å²) in [5.41, 5.74) is 3.02. The summed E-state index contributed by atoms with van der Waals surface area (Å²) in [6.45, 7) is 1.96. The monoisotopic (exact) mass is 436 g/mol. The van der Waals surface area contributed by atoms with Gasteiger partial charge in [-0.05, 0) is 56.5 Å². The summed E-state index contributed by atoms with van der Waals surface area (Å²) < 4.78 is 15.9. The summed E-state index contributed by atoms with van der Waals surface area (Å²) in [7, 11) is 0. The van der Waals surface area contributed by atoms with Gasteiger partial charge in [-0.2, -0.15) is 0 Å². The largest absolute Gasteiger partial charge is 0.357 e. The molecule has 2 atom stereocenters. The van der Waals surface area contributed by atoms with Crippen molar-refractivity contribution in [1.82, 2.24) is 25.3 Å². The Balaban J connectivity index is 1.34. The summed E-state index contributed by atoms with van der Waals surface area (Å²) in [5.74, 6) is -0.408. The molecule has 0 unspecified atom stereocenters. The van der Waals surface area contributed by atoms with Crippen LogP contribution in [0.25, 0.3) is 15.9 Å². The van der Waals surface area contributed by atoms with Crippen molar-refractivity contribution in [1.29, 1.82) is 0 Å². The lowest BCUT2D eigenvalue weighted by Gasteiger charge is -2.22. The van der Waals surface area contributed by atoms with Gasteiger partial charge in [0.1, 0.15) is 5.82 Å². The third kappa shape index (κ3) is 4.00. The van der Waals surface area contributed by atoms with E-state index < -0.39 is 0 Å². The molecular formula is C22H21FN6OS. The molecule has 4 aromatic rings. The number of aromatic nitrogens is 4. The van der Waals surface area contributed by atoms with Crippen LogP contribution < -0.4 is 10.6 Å². The minimum Gasteiger partial charge on any atom is -0.357 e. The van der Waals surface area contributed by atoms with Crippen molar-refractivity contribution in [3.8, 4) is 5.69 Å². The molecule has 0 spiro atoms. The van der Waals surface area contributed by atoms with Crippen LogP contribution in [0.3, 0.4) is 0 Å². The molecule has 0 radical (unpaired) electrons. The second-order valence-corrected chi connectivity index (χ2v) is 8.79. The van der Waals surface area contributed by atoms with Crippen LogP contribution in [0.15, 0.2) is 48.8 Å². The number of anilines is 1. The molecule has 1 aliphatic carbocycles. The fourth-order valence-electron chi connectivity index (χ4n) is 4.04. The van der Waals surface area contributed by atoms with E-state index in [0.29, 0.717) is 11.3 Å². The number of hydrogen-bond donors (Lipinski definition) is 2. The molecule has 1 fully saturated rings. The zero-order chi connectivity index (χ0) is 21.4. The number of hydrogen-bond acceptors (Lipinski definition) is 6. The van der Waals surface area contributed by atoms with Crippen molar-refractivity contribution in [3.05, 3.63) is 65.7 Å². The first-order valence-electron chi connectivity index (χ1n) is 10.2. The van der Waals surface area contributed by atoms with Crippen LogP contribution in [-0.4, -0.2) is 38.0 Å². The number of benzene rings is 2. The number of amides is 1. The summed E-state index contributed by atoms with van der Waals surface area (Å²) in [6.07, 6.45) is 6.12. The van der Waals surface area contributed by atoms with E-state index in [1.807, 2.05) is 25.1 Å². The van der Waals surface area contributed by atoms with Gasteiger partial charge in [-0.25, -0.2) is 14.1 Å². The number of halogens is 1. The number of carbonyl (C=O) groups is 1. The fourth-order valence-corrected chi connectivity index (χ4v) is 4.99. The van der Waals surface area contributed by atoms with E-state index in [-0.39, 0.29) is 23.8 Å². The van der Waals surface area contributed by atoms with Crippen molar-refractivity contribution in [2.75, 3.05) is 5.32 Å². The van der Waals surface area contributed by atoms with Crippen molar-refractivity contribution in [2.24, 2.45) is 0 Å². The minimum absolute atomic E-state index is 0.0274. The molecule has 9 heteroatoms. The van der Waals surface area contributed by atoms with Crippen LogP contribution in [0.1, 0.15) is 35.2 Å². The Bertz CT molecular complexity index is 1240. The molecule has 0 aliphatic heterocycles. The molecule has 1 amide bonds. The van der Waals surface area contributed by atoms with E-state index in [0.717, 1.165) is 40.2 Å². The highest BCUT2D eigenvalue weighted by Gasteiger charge is 2.30. The van der Waals surface area contributed by atoms with E-state index in [2.05, 4.69) is 25.9 Å².